The number of thioether (sulfide) groups is 1. The SMILES string of the molecule is CC(C)(C)OC(=O)[C@]1(C)SCCS1=O. The largest absolute Gasteiger partial charge is 0.458 e. The van der Waals surface area contributed by atoms with Gasteiger partial charge in [0.25, 0.3) is 0 Å². The van der Waals surface area contributed by atoms with Gasteiger partial charge in [-0.2, -0.15) is 0 Å². The van der Waals surface area contributed by atoms with Crippen LogP contribution in [0.4, 0.5) is 0 Å². The molecule has 5 heteroatoms. The van der Waals surface area contributed by atoms with E-state index in [1.165, 1.54) is 11.8 Å². The second-order valence-electron chi connectivity index (χ2n) is 4.35. The first kappa shape index (κ1) is 12.0. The van der Waals surface area contributed by atoms with E-state index < -0.39 is 20.5 Å². The molecule has 1 saturated heterocycles. The fourth-order valence-electron chi connectivity index (χ4n) is 1.10. The van der Waals surface area contributed by atoms with Crippen molar-refractivity contribution in [2.75, 3.05) is 11.5 Å². The van der Waals surface area contributed by atoms with Crippen molar-refractivity contribution in [2.24, 2.45) is 0 Å². The molecular formula is C9H16O3S2. The summed E-state index contributed by atoms with van der Waals surface area (Å²) < 4.78 is 16.0. The van der Waals surface area contributed by atoms with Crippen molar-refractivity contribution in [1.82, 2.24) is 0 Å². The van der Waals surface area contributed by atoms with Crippen LogP contribution in [-0.2, 0) is 20.3 Å². The minimum atomic E-state index is -1.10. The smallest absolute Gasteiger partial charge is 0.335 e. The summed E-state index contributed by atoms with van der Waals surface area (Å²) in [6, 6.07) is 0. The third-order valence-electron chi connectivity index (χ3n) is 1.85. The number of carbonyl (C=O) groups is 1. The summed E-state index contributed by atoms with van der Waals surface area (Å²) in [6.45, 7) is 7.15. The predicted molar refractivity (Wildman–Crippen MR) is 59.7 cm³/mol. The van der Waals surface area contributed by atoms with Gasteiger partial charge in [-0.1, -0.05) is 0 Å². The van der Waals surface area contributed by atoms with E-state index in [0.717, 1.165) is 5.75 Å². The van der Waals surface area contributed by atoms with Crippen molar-refractivity contribution in [3.8, 4) is 0 Å². The van der Waals surface area contributed by atoms with Gasteiger partial charge in [0.05, 0.1) is 0 Å². The second-order valence-corrected chi connectivity index (χ2v) is 8.03. The van der Waals surface area contributed by atoms with E-state index in [0.29, 0.717) is 5.75 Å². The summed E-state index contributed by atoms with van der Waals surface area (Å²) in [7, 11) is -1.10. The van der Waals surface area contributed by atoms with Gasteiger partial charge in [-0.25, -0.2) is 4.79 Å². The molecule has 2 atom stereocenters. The molecule has 0 aromatic carbocycles. The maximum atomic E-state index is 11.8. The summed E-state index contributed by atoms with van der Waals surface area (Å²) in [5.41, 5.74) is -0.507. The molecule has 0 aromatic heterocycles. The van der Waals surface area contributed by atoms with Gasteiger partial charge in [-0.3, -0.25) is 4.21 Å². The van der Waals surface area contributed by atoms with Crippen molar-refractivity contribution < 1.29 is 13.7 Å². The summed E-state index contributed by atoms with van der Waals surface area (Å²) in [5.74, 6) is 0.994. The van der Waals surface area contributed by atoms with Crippen LogP contribution in [0.3, 0.4) is 0 Å². The first-order valence-electron chi connectivity index (χ1n) is 4.51. The highest BCUT2D eigenvalue weighted by Crippen LogP contribution is 2.37. The van der Waals surface area contributed by atoms with E-state index in [1.54, 1.807) is 6.92 Å². The highest BCUT2D eigenvalue weighted by Gasteiger charge is 2.46. The van der Waals surface area contributed by atoms with E-state index in [4.69, 9.17) is 4.74 Å². The number of rotatable bonds is 1. The molecule has 0 saturated carbocycles. The zero-order valence-corrected chi connectivity index (χ0v) is 10.6. The molecule has 0 amide bonds. The molecule has 1 unspecified atom stereocenters. The molecule has 1 aliphatic rings. The fourth-order valence-corrected chi connectivity index (χ4v) is 4.23. The normalized spacial score (nSPS) is 33.0. The third-order valence-corrected chi connectivity index (χ3v) is 5.76. The van der Waals surface area contributed by atoms with Gasteiger partial charge >= 0.3 is 5.97 Å². The number of ether oxygens (including phenoxy) is 1. The Balaban J connectivity index is 2.74. The van der Waals surface area contributed by atoms with E-state index in [2.05, 4.69) is 0 Å². The van der Waals surface area contributed by atoms with E-state index in [9.17, 15) is 9.00 Å². The monoisotopic (exact) mass is 236 g/mol. The fraction of sp³-hybridized carbons (Fsp3) is 0.889. The van der Waals surface area contributed by atoms with E-state index in [1.807, 2.05) is 20.8 Å². The Hall–Kier alpha value is -0.0300. The summed E-state index contributed by atoms with van der Waals surface area (Å²) >= 11 is 1.43. The molecule has 82 valence electrons. The van der Waals surface area contributed by atoms with Crippen LogP contribution in [0.2, 0.25) is 0 Å². The number of hydrogen-bond acceptors (Lipinski definition) is 4. The highest BCUT2D eigenvalue weighted by atomic mass is 32.2. The number of esters is 1. The maximum absolute atomic E-state index is 11.8. The number of carbonyl (C=O) groups excluding carboxylic acids is 1. The van der Waals surface area contributed by atoms with Crippen molar-refractivity contribution in [3.63, 3.8) is 0 Å². The Bertz CT molecular complexity index is 270. The molecule has 1 fully saturated rings. The molecule has 14 heavy (non-hydrogen) atoms. The van der Waals surface area contributed by atoms with Crippen LogP contribution in [0.25, 0.3) is 0 Å². The maximum Gasteiger partial charge on any atom is 0.335 e. The van der Waals surface area contributed by atoms with Gasteiger partial charge in [-0.05, 0) is 27.7 Å². The molecule has 0 bridgehead atoms. The summed E-state index contributed by atoms with van der Waals surface area (Å²) in [4.78, 5) is 11.8. The lowest BCUT2D eigenvalue weighted by Crippen LogP contribution is -2.39. The predicted octanol–water partition coefficient (Wildman–Crippen LogP) is 1.54. The third kappa shape index (κ3) is 2.51. The molecular weight excluding hydrogens is 220 g/mol. The van der Waals surface area contributed by atoms with E-state index in [-0.39, 0.29) is 5.97 Å². The van der Waals surface area contributed by atoms with Crippen LogP contribution in [0.5, 0.6) is 0 Å². The second kappa shape index (κ2) is 3.85. The molecule has 1 aliphatic heterocycles. The van der Waals surface area contributed by atoms with Gasteiger partial charge in [-0.15, -0.1) is 11.8 Å². The Morgan fingerprint density at radius 2 is 2.07 bits per heavy atom. The minimum absolute atomic E-state index is 0.356. The van der Waals surface area contributed by atoms with Crippen LogP contribution in [-0.4, -0.2) is 31.4 Å². The quantitative estimate of drug-likeness (QED) is 0.648. The lowest BCUT2D eigenvalue weighted by molar-refractivity contribution is -0.154. The van der Waals surface area contributed by atoms with Crippen molar-refractivity contribution >= 4 is 28.5 Å². The van der Waals surface area contributed by atoms with Gasteiger partial charge in [0, 0.05) is 22.3 Å². The zero-order chi connectivity index (χ0) is 11.0. The Morgan fingerprint density at radius 1 is 1.50 bits per heavy atom. The van der Waals surface area contributed by atoms with Crippen LogP contribution in [0.1, 0.15) is 27.7 Å². The average Bonchev–Trinajstić information content (AvgIpc) is 2.30. The summed E-state index contributed by atoms with van der Waals surface area (Å²) in [6.07, 6.45) is 0. The first-order chi connectivity index (χ1) is 6.26. The molecule has 0 radical (unpaired) electrons. The van der Waals surface area contributed by atoms with Crippen molar-refractivity contribution in [2.45, 2.75) is 37.4 Å². The van der Waals surface area contributed by atoms with Gasteiger partial charge in [0.2, 0.25) is 0 Å². The van der Waals surface area contributed by atoms with Crippen LogP contribution >= 0.6 is 11.8 Å². The highest BCUT2D eigenvalue weighted by molar-refractivity contribution is 8.16. The number of hydrogen-bond donors (Lipinski definition) is 0. The lowest BCUT2D eigenvalue weighted by atomic mass is 10.2. The van der Waals surface area contributed by atoms with Gasteiger partial charge < -0.3 is 4.74 Å². The molecule has 0 aliphatic carbocycles. The Morgan fingerprint density at radius 3 is 2.43 bits per heavy atom. The molecule has 0 spiro atoms. The van der Waals surface area contributed by atoms with Crippen LogP contribution in [0, 0.1) is 0 Å². The summed E-state index contributed by atoms with van der Waals surface area (Å²) in [5, 5.41) is 0. The molecule has 0 N–H and O–H groups in total. The molecule has 1 heterocycles. The van der Waals surface area contributed by atoms with Crippen LogP contribution < -0.4 is 0 Å². The lowest BCUT2D eigenvalue weighted by Gasteiger charge is -2.26. The Kier molecular flexibility index (Phi) is 3.31. The van der Waals surface area contributed by atoms with Gasteiger partial charge in [0.1, 0.15) is 5.60 Å². The van der Waals surface area contributed by atoms with E-state index >= 15 is 0 Å². The zero-order valence-electron chi connectivity index (χ0n) is 8.96. The molecule has 0 aromatic rings. The van der Waals surface area contributed by atoms with Crippen LogP contribution in [0.15, 0.2) is 0 Å². The standard InChI is InChI=1S/C9H16O3S2/c1-8(2,3)12-7(10)9(4)13-5-6-14(9)11/h5-6H2,1-4H3/t9-,14?/m1/s1. The average molecular weight is 236 g/mol. The molecule has 3 nitrogen and oxygen atoms in total. The topological polar surface area (TPSA) is 43.4 Å². The Labute approximate surface area is 91.4 Å². The minimum Gasteiger partial charge on any atom is -0.458 e. The van der Waals surface area contributed by atoms with Crippen molar-refractivity contribution in [3.05, 3.63) is 0 Å². The first-order valence-corrected chi connectivity index (χ1v) is 6.82. The molecule has 1 rings (SSSR count). The van der Waals surface area contributed by atoms with Gasteiger partial charge in [0.15, 0.2) is 4.08 Å². The van der Waals surface area contributed by atoms with Crippen molar-refractivity contribution in [1.29, 1.82) is 0 Å².